The Kier molecular flexibility index (Phi) is 1.82. The number of rotatable bonds is 0. The highest BCUT2D eigenvalue weighted by molar-refractivity contribution is 6.37. The second-order valence-electron chi connectivity index (χ2n) is 2.43. The van der Waals surface area contributed by atoms with Gasteiger partial charge in [0.1, 0.15) is 5.15 Å². The van der Waals surface area contributed by atoms with Gasteiger partial charge in [-0.2, -0.15) is 0 Å². The Bertz CT molecular complexity index is 483. The lowest BCUT2D eigenvalue weighted by Gasteiger charge is -1.97. The van der Waals surface area contributed by atoms with Crippen LogP contribution in [0.5, 0.6) is 5.88 Å². The molecular formula is C7H3Cl2FN2O. The van der Waals surface area contributed by atoms with E-state index < -0.39 is 5.82 Å². The molecule has 13 heavy (non-hydrogen) atoms. The van der Waals surface area contributed by atoms with Crippen LogP contribution in [-0.2, 0) is 0 Å². The third-order valence-electron chi connectivity index (χ3n) is 1.68. The summed E-state index contributed by atoms with van der Waals surface area (Å²) in [5.41, 5.74) is 0. The van der Waals surface area contributed by atoms with Crippen LogP contribution in [0.25, 0.3) is 10.8 Å². The van der Waals surface area contributed by atoms with Gasteiger partial charge in [0, 0.05) is 11.6 Å². The molecule has 0 aliphatic rings. The third kappa shape index (κ3) is 1.14. The molecule has 2 aromatic heterocycles. The Hall–Kier alpha value is -1.00. The zero-order valence-electron chi connectivity index (χ0n) is 6.11. The highest BCUT2D eigenvalue weighted by Crippen LogP contribution is 2.33. The fraction of sp³-hybridized carbons (Fsp3) is 0. The first-order valence-corrected chi connectivity index (χ1v) is 4.07. The molecule has 0 aliphatic carbocycles. The van der Waals surface area contributed by atoms with E-state index in [9.17, 15) is 9.50 Å². The topological polar surface area (TPSA) is 48.9 Å². The highest BCUT2D eigenvalue weighted by atomic mass is 35.5. The smallest absolute Gasteiger partial charge is 0.199 e. The SMILES string of the molecule is Oc1[nH]cc2c(F)c(Cl)nc(Cl)c12. The molecule has 0 saturated carbocycles. The molecule has 2 N–H and O–H groups in total. The first-order chi connectivity index (χ1) is 6.11. The van der Waals surface area contributed by atoms with Crippen LogP contribution in [0, 0.1) is 5.82 Å². The number of hydrogen-bond donors (Lipinski definition) is 2. The Labute approximate surface area is 82.1 Å². The highest BCUT2D eigenvalue weighted by Gasteiger charge is 2.15. The van der Waals surface area contributed by atoms with Gasteiger partial charge in [0.05, 0.1) is 5.39 Å². The molecule has 0 unspecified atom stereocenters. The van der Waals surface area contributed by atoms with Gasteiger partial charge in [-0.05, 0) is 0 Å². The molecule has 0 aliphatic heterocycles. The molecule has 0 aromatic carbocycles. The summed E-state index contributed by atoms with van der Waals surface area (Å²) in [6, 6.07) is 0. The van der Waals surface area contributed by atoms with E-state index in [1.54, 1.807) is 0 Å². The number of aromatic hydroxyl groups is 1. The van der Waals surface area contributed by atoms with Crippen LogP contribution in [-0.4, -0.2) is 15.1 Å². The monoisotopic (exact) mass is 220 g/mol. The Morgan fingerprint density at radius 1 is 1.38 bits per heavy atom. The lowest BCUT2D eigenvalue weighted by Crippen LogP contribution is -1.84. The van der Waals surface area contributed by atoms with E-state index in [1.165, 1.54) is 6.20 Å². The van der Waals surface area contributed by atoms with Crippen LogP contribution in [0.3, 0.4) is 0 Å². The Balaban J connectivity index is 2.99. The molecule has 0 atom stereocenters. The summed E-state index contributed by atoms with van der Waals surface area (Å²) in [7, 11) is 0. The van der Waals surface area contributed by atoms with Gasteiger partial charge in [-0.1, -0.05) is 23.2 Å². The van der Waals surface area contributed by atoms with E-state index in [0.29, 0.717) is 0 Å². The van der Waals surface area contributed by atoms with Crippen LogP contribution in [0.4, 0.5) is 4.39 Å². The molecule has 0 fully saturated rings. The molecule has 2 aromatic rings. The van der Waals surface area contributed by atoms with Crippen LogP contribution in [0.15, 0.2) is 6.20 Å². The van der Waals surface area contributed by atoms with E-state index in [2.05, 4.69) is 9.97 Å². The average molecular weight is 221 g/mol. The summed E-state index contributed by atoms with van der Waals surface area (Å²) >= 11 is 11.1. The normalized spacial score (nSPS) is 11.0. The van der Waals surface area contributed by atoms with Crippen LogP contribution in [0.1, 0.15) is 0 Å². The fourth-order valence-corrected chi connectivity index (χ4v) is 1.60. The summed E-state index contributed by atoms with van der Waals surface area (Å²) in [6.07, 6.45) is 1.28. The molecule has 2 heterocycles. The van der Waals surface area contributed by atoms with Crippen molar-refractivity contribution in [3.63, 3.8) is 0 Å². The van der Waals surface area contributed by atoms with Gasteiger partial charge in [-0.3, -0.25) is 0 Å². The van der Waals surface area contributed by atoms with E-state index >= 15 is 0 Å². The predicted octanol–water partition coefficient (Wildman–Crippen LogP) is 2.71. The summed E-state index contributed by atoms with van der Waals surface area (Å²) in [5.74, 6) is -0.916. The van der Waals surface area contributed by atoms with Crippen molar-refractivity contribution in [2.24, 2.45) is 0 Å². The number of nitrogens with one attached hydrogen (secondary N) is 1. The molecule has 0 amide bonds. The average Bonchev–Trinajstić information content (AvgIpc) is 2.44. The number of aromatic amines is 1. The van der Waals surface area contributed by atoms with Gasteiger partial charge in [-0.15, -0.1) is 0 Å². The van der Waals surface area contributed by atoms with Gasteiger partial charge in [-0.25, -0.2) is 9.37 Å². The van der Waals surface area contributed by atoms with Gasteiger partial charge in [0.25, 0.3) is 0 Å². The standard InChI is InChI=1S/C7H3Cl2FN2O/c8-5-3-2(1-11-7(3)13)4(10)6(9)12-5/h1,11,13H. The molecule has 6 heteroatoms. The first kappa shape index (κ1) is 8.59. The van der Waals surface area contributed by atoms with Crippen molar-refractivity contribution in [3.8, 4) is 5.88 Å². The fourth-order valence-electron chi connectivity index (χ4n) is 1.10. The second-order valence-corrected chi connectivity index (χ2v) is 3.15. The number of fused-ring (bicyclic) bond motifs is 1. The predicted molar refractivity (Wildman–Crippen MR) is 47.7 cm³/mol. The second kappa shape index (κ2) is 2.75. The third-order valence-corrected chi connectivity index (χ3v) is 2.20. The Morgan fingerprint density at radius 2 is 2.08 bits per heavy atom. The van der Waals surface area contributed by atoms with Crippen molar-refractivity contribution in [1.82, 2.24) is 9.97 Å². The molecule has 2 rings (SSSR count). The molecule has 3 nitrogen and oxygen atoms in total. The number of pyridine rings is 1. The molecule has 0 bridgehead atoms. The number of halogens is 3. The maximum atomic E-state index is 13.2. The molecular weight excluding hydrogens is 218 g/mol. The van der Waals surface area contributed by atoms with Crippen molar-refractivity contribution in [1.29, 1.82) is 0 Å². The summed E-state index contributed by atoms with van der Waals surface area (Å²) < 4.78 is 13.2. The van der Waals surface area contributed by atoms with Gasteiger partial charge < -0.3 is 10.1 Å². The maximum absolute atomic E-state index is 13.2. The summed E-state index contributed by atoms with van der Waals surface area (Å²) in [4.78, 5) is 5.93. The number of hydrogen-bond acceptors (Lipinski definition) is 2. The molecule has 0 saturated heterocycles. The van der Waals surface area contributed by atoms with E-state index in [4.69, 9.17) is 23.2 Å². The van der Waals surface area contributed by atoms with Crippen molar-refractivity contribution < 1.29 is 9.50 Å². The number of H-pyrrole nitrogens is 1. The maximum Gasteiger partial charge on any atom is 0.199 e. The van der Waals surface area contributed by atoms with Gasteiger partial charge in [0.2, 0.25) is 0 Å². The minimum Gasteiger partial charge on any atom is -0.494 e. The quantitative estimate of drug-likeness (QED) is 0.672. The lowest BCUT2D eigenvalue weighted by molar-refractivity contribution is 0.462. The van der Waals surface area contributed by atoms with E-state index in [0.717, 1.165) is 0 Å². The van der Waals surface area contributed by atoms with Crippen molar-refractivity contribution >= 4 is 34.0 Å². The van der Waals surface area contributed by atoms with Gasteiger partial charge in [0.15, 0.2) is 16.9 Å². The lowest BCUT2D eigenvalue weighted by atomic mass is 10.3. The summed E-state index contributed by atoms with van der Waals surface area (Å²) in [6.45, 7) is 0. The molecule has 68 valence electrons. The minimum absolute atomic E-state index is 0.0276. The van der Waals surface area contributed by atoms with E-state index in [1.807, 2.05) is 0 Å². The Morgan fingerprint density at radius 3 is 2.77 bits per heavy atom. The largest absolute Gasteiger partial charge is 0.494 e. The molecule has 0 radical (unpaired) electrons. The van der Waals surface area contributed by atoms with Crippen molar-refractivity contribution in [2.45, 2.75) is 0 Å². The molecule has 0 spiro atoms. The van der Waals surface area contributed by atoms with Crippen LogP contribution >= 0.6 is 23.2 Å². The summed E-state index contributed by atoms with van der Waals surface area (Å²) in [5, 5.41) is 9.15. The van der Waals surface area contributed by atoms with Crippen molar-refractivity contribution in [3.05, 3.63) is 22.3 Å². The van der Waals surface area contributed by atoms with Gasteiger partial charge >= 0.3 is 0 Å². The zero-order chi connectivity index (χ0) is 9.59. The number of nitrogens with zero attached hydrogens (tertiary/aromatic N) is 1. The minimum atomic E-state index is -0.697. The van der Waals surface area contributed by atoms with E-state index in [-0.39, 0.29) is 27.0 Å². The van der Waals surface area contributed by atoms with Crippen LogP contribution in [0.2, 0.25) is 10.3 Å². The van der Waals surface area contributed by atoms with Crippen molar-refractivity contribution in [2.75, 3.05) is 0 Å². The number of aromatic nitrogens is 2. The van der Waals surface area contributed by atoms with Crippen LogP contribution < -0.4 is 0 Å². The zero-order valence-corrected chi connectivity index (χ0v) is 7.62. The first-order valence-electron chi connectivity index (χ1n) is 3.32.